The van der Waals surface area contributed by atoms with E-state index in [1.54, 1.807) is 6.07 Å². The lowest BCUT2D eigenvalue weighted by molar-refractivity contribution is 0.372. The van der Waals surface area contributed by atoms with E-state index in [1.165, 1.54) is 23.6 Å². The maximum absolute atomic E-state index is 11.4. The number of aromatic nitrogens is 4. The molecule has 7 heteroatoms. The summed E-state index contributed by atoms with van der Waals surface area (Å²) in [6, 6.07) is 2.28. The number of anilines is 1. The van der Waals surface area contributed by atoms with Gasteiger partial charge in [0.1, 0.15) is 12.1 Å². The second-order valence-corrected chi connectivity index (χ2v) is 5.13. The fourth-order valence-corrected chi connectivity index (χ4v) is 2.78. The Kier molecular flexibility index (Phi) is 2.98. The van der Waals surface area contributed by atoms with Gasteiger partial charge in [-0.15, -0.1) is 0 Å². The van der Waals surface area contributed by atoms with Crippen LogP contribution in [-0.2, 0) is 0 Å². The van der Waals surface area contributed by atoms with Gasteiger partial charge in [0, 0.05) is 25.2 Å². The highest BCUT2D eigenvalue weighted by atomic mass is 16.1. The van der Waals surface area contributed by atoms with Gasteiger partial charge in [-0.25, -0.2) is 19.3 Å². The molecule has 1 aliphatic carbocycles. The van der Waals surface area contributed by atoms with Gasteiger partial charge in [-0.05, 0) is 12.8 Å². The summed E-state index contributed by atoms with van der Waals surface area (Å²) in [7, 11) is 2.00. The molecule has 102 valence electrons. The molecule has 0 amide bonds. The number of rotatable bonds is 2. The van der Waals surface area contributed by atoms with Crippen molar-refractivity contribution in [3.05, 3.63) is 22.9 Å². The van der Waals surface area contributed by atoms with Crippen LogP contribution in [-0.4, -0.2) is 38.7 Å². The van der Waals surface area contributed by atoms with Gasteiger partial charge in [0.25, 0.3) is 0 Å². The van der Waals surface area contributed by atoms with Gasteiger partial charge in [-0.1, -0.05) is 12.8 Å². The summed E-state index contributed by atoms with van der Waals surface area (Å²) in [5.74, 6) is 0.800. The van der Waals surface area contributed by atoms with Crippen molar-refractivity contribution in [1.29, 1.82) is 0 Å². The Labute approximate surface area is 110 Å². The third kappa shape index (κ3) is 2.10. The van der Waals surface area contributed by atoms with Crippen molar-refractivity contribution in [3.63, 3.8) is 0 Å². The molecule has 0 spiro atoms. The molecule has 3 N–H and O–H groups in total. The summed E-state index contributed by atoms with van der Waals surface area (Å²) >= 11 is 0. The maximum Gasteiger partial charge on any atom is 0.348 e. The molecule has 0 aromatic carbocycles. The molecular weight excluding hydrogens is 244 g/mol. The number of H-pyrrole nitrogens is 1. The smallest absolute Gasteiger partial charge is 0.348 e. The third-order valence-corrected chi connectivity index (χ3v) is 3.94. The van der Waals surface area contributed by atoms with E-state index in [-0.39, 0.29) is 11.7 Å². The monoisotopic (exact) mass is 262 g/mol. The average molecular weight is 262 g/mol. The Balaban J connectivity index is 1.92. The van der Waals surface area contributed by atoms with E-state index in [1.807, 2.05) is 7.05 Å². The SMILES string of the molecule is CN(c1cc2n[nH]c(=O)n2cn1)C1CCCCC1N. The van der Waals surface area contributed by atoms with Crippen LogP contribution in [0.3, 0.4) is 0 Å². The topological polar surface area (TPSA) is 92.3 Å². The van der Waals surface area contributed by atoms with E-state index in [0.29, 0.717) is 11.7 Å². The Morgan fingerprint density at radius 1 is 1.47 bits per heavy atom. The van der Waals surface area contributed by atoms with Crippen molar-refractivity contribution in [2.45, 2.75) is 37.8 Å². The molecule has 2 atom stereocenters. The van der Waals surface area contributed by atoms with E-state index in [9.17, 15) is 4.79 Å². The number of aromatic amines is 1. The number of fused-ring (bicyclic) bond motifs is 1. The first-order chi connectivity index (χ1) is 9.16. The zero-order valence-electron chi connectivity index (χ0n) is 10.9. The largest absolute Gasteiger partial charge is 0.355 e. The summed E-state index contributed by atoms with van der Waals surface area (Å²) in [6.07, 6.45) is 6.04. The fraction of sp³-hybridized carbons (Fsp3) is 0.583. The molecule has 2 aromatic rings. The van der Waals surface area contributed by atoms with Crippen molar-refractivity contribution in [2.24, 2.45) is 5.73 Å². The van der Waals surface area contributed by atoms with Gasteiger partial charge in [-0.2, -0.15) is 5.10 Å². The zero-order valence-corrected chi connectivity index (χ0v) is 10.9. The van der Waals surface area contributed by atoms with Crippen LogP contribution in [0.4, 0.5) is 5.82 Å². The van der Waals surface area contributed by atoms with Crippen LogP contribution in [0.5, 0.6) is 0 Å². The van der Waals surface area contributed by atoms with Crippen molar-refractivity contribution in [3.8, 4) is 0 Å². The van der Waals surface area contributed by atoms with Gasteiger partial charge in [0.15, 0.2) is 5.65 Å². The van der Waals surface area contributed by atoms with E-state index in [2.05, 4.69) is 20.1 Å². The first-order valence-corrected chi connectivity index (χ1v) is 6.58. The van der Waals surface area contributed by atoms with Crippen molar-refractivity contribution < 1.29 is 0 Å². The lowest BCUT2D eigenvalue weighted by atomic mass is 9.90. The van der Waals surface area contributed by atoms with Gasteiger partial charge in [-0.3, -0.25) is 0 Å². The van der Waals surface area contributed by atoms with E-state index < -0.39 is 0 Å². The average Bonchev–Trinajstić information content (AvgIpc) is 2.80. The molecular formula is C12H18N6O. The predicted octanol–water partition coefficient (Wildman–Crippen LogP) is 0.124. The van der Waals surface area contributed by atoms with Crippen LogP contribution < -0.4 is 16.3 Å². The molecule has 1 fully saturated rings. The third-order valence-electron chi connectivity index (χ3n) is 3.94. The van der Waals surface area contributed by atoms with Crippen LogP contribution in [0.2, 0.25) is 0 Å². The molecule has 3 rings (SSSR count). The Bertz CT molecular complexity index is 632. The second-order valence-electron chi connectivity index (χ2n) is 5.13. The summed E-state index contributed by atoms with van der Waals surface area (Å²) in [4.78, 5) is 17.8. The number of likely N-dealkylation sites (N-methyl/N-ethyl adjacent to an activating group) is 1. The van der Waals surface area contributed by atoms with Crippen LogP contribution in [0.15, 0.2) is 17.2 Å². The van der Waals surface area contributed by atoms with Gasteiger partial charge in [0.2, 0.25) is 0 Å². The summed E-state index contributed by atoms with van der Waals surface area (Å²) in [6.45, 7) is 0. The summed E-state index contributed by atoms with van der Waals surface area (Å²) in [5, 5.41) is 6.36. The molecule has 2 aromatic heterocycles. The van der Waals surface area contributed by atoms with Crippen LogP contribution in [0.1, 0.15) is 25.7 Å². The van der Waals surface area contributed by atoms with E-state index in [4.69, 9.17) is 5.73 Å². The Hall–Kier alpha value is -1.89. The van der Waals surface area contributed by atoms with Crippen molar-refractivity contribution >= 4 is 11.5 Å². The van der Waals surface area contributed by atoms with E-state index >= 15 is 0 Å². The zero-order chi connectivity index (χ0) is 13.4. The molecule has 0 bridgehead atoms. The minimum atomic E-state index is -0.272. The fourth-order valence-electron chi connectivity index (χ4n) is 2.78. The minimum Gasteiger partial charge on any atom is -0.355 e. The summed E-state index contributed by atoms with van der Waals surface area (Å²) < 4.78 is 1.39. The minimum absolute atomic E-state index is 0.179. The maximum atomic E-state index is 11.4. The predicted molar refractivity (Wildman–Crippen MR) is 72.2 cm³/mol. The molecule has 7 nitrogen and oxygen atoms in total. The molecule has 19 heavy (non-hydrogen) atoms. The highest BCUT2D eigenvalue weighted by Gasteiger charge is 2.26. The van der Waals surface area contributed by atoms with Crippen LogP contribution in [0.25, 0.3) is 5.65 Å². The molecule has 0 aliphatic heterocycles. The number of nitrogens with zero attached hydrogens (tertiary/aromatic N) is 4. The van der Waals surface area contributed by atoms with Gasteiger partial charge >= 0.3 is 5.69 Å². The molecule has 0 saturated heterocycles. The number of hydrogen-bond acceptors (Lipinski definition) is 5. The molecule has 0 radical (unpaired) electrons. The number of hydrogen-bond donors (Lipinski definition) is 2. The summed E-state index contributed by atoms with van der Waals surface area (Å²) in [5.41, 5.74) is 6.49. The standard InChI is InChI=1S/C12H18N6O/c1-17(9-5-3-2-4-8(9)13)10-6-11-15-16-12(19)18(11)7-14-10/h6-9H,2-5,13H2,1H3,(H,16,19). The number of nitrogens with one attached hydrogen (secondary N) is 1. The van der Waals surface area contributed by atoms with Gasteiger partial charge in [0.05, 0.1) is 0 Å². The first-order valence-electron chi connectivity index (χ1n) is 6.58. The second kappa shape index (κ2) is 4.65. The molecule has 1 aliphatic rings. The van der Waals surface area contributed by atoms with Gasteiger partial charge < -0.3 is 10.6 Å². The van der Waals surface area contributed by atoms with Crippen LogP contribution in [0, 0.1) is 0 Å². The first kappa shape index (κ1) is 12.2. The molecule has 2 unspecified atom stereocenters. The normalized spacial score (nSPS) is 23.7. The van der Waals surface area contributed by atoms with Crippen molar-refractivity contribution in [2.75, 3.05) is 11.9 Å². The number of nitrogens with two attached hydrogens (primary N) is 1. The Morgan fingerprint density at radius 3 is 3.05 bits per heavy atom. The Morgan fingerprint density at radius 2 is 2.26 bits per heavy atom. The highest BCUT2D eigenvalue weighted by Crippen LogP contribution is 2.24. The lowest BCUT2D eigenvalue weighted by Gasteiger charge is -2.36. The molecule has 2 heterocycles. The quantitative estimate of drug-likeness (QED) is 0.802. The molecule has 1 saturated carbocycles. The van der Waals surface area contributed by atoms with Crippen LogP contribution >= 0.6 is 0 Å². The van der Waals surface area contributed by atoms with E-state index in [0.717, 1.165) is 18.7 Å². The van der Waals surface area contributed by atoms with Crippen molar-refractivity contribution in [1.82, 2.24) is 19.6 Å². The highest BCUT2D eigenvalue weighted by molar-refractivity contribution is 5.50. The lowest BCUT2D eigenvalue weighted by Crippen LogP contribution is -2.48.